The number of methoxy groups -OCH3 is 1. The Morgan fingerprint density at radius 1 is 1.47 bits per heavy atom. The van der Waals surface area contributed by atoms with Gasteiger partial charge in [0.1, 0.15) is 12.4 Å². The van der Waals surface area contributed by atoms with E-state index in [-0.39, 0.29) is 0 Å². The number of para-hydroxylation sites is 1. The van der Waals surface area contributed by atoms with Crippen LogP contribution >= 0.6 is 0 Å². The minimum Gasteiger partial charge on any atom is -0.491 e. The van der Waals surface area contributed by atoms with Gasteiger partial charge in [-0.05, 0) is 19.0 Å². The summed E-state index contributed by atoms with van der Waals surface area (Å²) in [4.78, 5) is 0. The molecule has 0 saturated carbocycles. The Bertz CT molecular complexity index is 314. The molecule has 1 N–H and O–H groups in total. The molecule has 1 aromatic carbocycles. The second-order valence-electron chi connectivity index (χ2n) is 3.70. The van der Waals surface area contributed by atoms with E-state index >= 15 is 0 Å². The van der Waals surface area contributed by atoms with Crippen molar-refractivity contribution in [2.24, 2.45) is 0 Å². The maximum atomic E-state index is 5.57. The predicted octanol–water partition coefficient (Wildman–Crippen LogP) is 1.75. The number of fused-ring (bicyclic) bond motifs is 1. The molecule has 1 aromatic rings. The molecule has 0 saturated heterocycles. The van der Waals surface area contributed by atoms with E-state index in [2.05, 4.69) is 17.4 Å². The maximum Gasteiger partial charge on any atom is 0.124 e. The zero-order valence-corrected chi connectivity index (χ0v) is 9.03. The van der Waals surface area contributed by atoms with Crippen molar-refractivity contribution in [2.45, 2.75) is 12.5 Å². The van der Waals surface area contributed by atoms with E-state index in [9.17, 15) is 0 Å². The molecule has 82 valence electrons. The van der Waals surface area contributed by atoms with Crippen molar-refractivity contribution in [1.29, 1.82) is 0 Å². The quantitative estimate of drug-likeness (QED) is 0.746. The Labute approximate surface area is 90.4 Å². The third kappa shape index (κ3) is 2.49. The van der Waals surface area contributed by atoms with Gasteiger partial charge in [0.2, 0.25) is 0 Å². The smallest absolute Gasteiger partial charge is 0.124 e. The number of hydrogen-bond acceptors (Lipinski definition) is 3. The lowest BCUT2D eigenvalue weighted by molar-refractivity contribution is 0.192. The zero-order valence-electron chi connectivity index (χ0n) is 9.03. The number of hydrogen-bond donors (Lipinski definition) is 1. The zero-order chi connectivity index (χ0) is 10.5. The minimum atomic E-state index is 0.345. The molecule has 2 rings (SSSR count). The molecule has 0 radical (unpaired) electrons. The van der Waals surface area contributed by atoms with Crippen LogP contribution in [0, 0.1) is 0 Å². The predicted molar refractivity (Wildman–Crippen MR) is 59.2 cm³/mol. The maximum absolute atomic E-state index is 5.57. The van der Waals surface area contributed by atoms with E-state index < -0.39 is 0 Å². The van der Waals surface area contributed by atoms with Gasteiger partial charge < -0.3 is 14.8 Å². The summed E-state index contributed by atoms with van der Waals surface area (Å²) in [5.74, 6) is 1.02. The molecule has 1 aliphatic heterocycles. The summed E-state index contributed by atoms with van der Waals surface area (Å²) in [6.45, 7) is 2.52. The molecule has 15 heavy (non-hydrogen) atoms. The highest BCUT2D eigenvalue weighted by molar-refractivity contribution is 5.39. The first-order chi connectivity index (χ1) is 7.42. The second kappa shape index (κ2) is 5.14. The molecule has 0 spiro atoms. The summed E-state index contributed by atoms with van der Waals surface area (Å²) in [7, 11) is 1.73. The Hall–Kier alpha value is -1.06. The van der Waals surface area contributed by atoms with Crippen LogP contribution in [0.25, 0.3) is 0 Å². The molecule has 1 unspecified atom stereocenters. The number of ether oxygens (including phenoxy) is 2. The highest BCUT2D eigenvalue weighted by atomic mass is 16.5. The highest BCUT2D eigenvalue weighted by Gasteiger charge is 2.22. The molecule has 3 nitrogen and oxygen atoms in total. The average Bonchev–Trinajstić information content (AvgIpc) is 2.68. The summed E-state index contributed by atoms with van der Waals surface area (Å²) >= 11 is 0. The van der Waals surface area contributed by atoms with Crippen LogP contribution in [0.5, 0.6) is 5.75 Å². The second-order valence-corrected chi connectivity index (χ2v) is 3.70. The third-order valence-electron chi connectivity index (χ3n) is 2.62. The Morgan fingerprint density at radius 2 is 2.33 bits per heavy atom. The molecule has 1 heterocycles. The molecule has 0 fully saturated rings. The van der Waals surface area contributed by atoms with Gasteiger partial charge in [0.05, 0.1) is 6.04 Å². The van der Waals surface area contributed by atoms with E-state index in [1.807, 2.05) is 12.1 Å². The molecule has 1 atom stereocenters. The Balaban J connectivity index is 1.85. The van der Waals surface area contributed by atoms with Crippen LogP contribution in [0.15, 0.2) is 24.3 Å². The lowest BCUT2D eigenvalue weighted by Crippen LogP contribution is -2.24. The molecular weight excluding hydrogens is 190 g/mol. The van der Waals surface area contributed by atoms with Crippen molar-refractivity contribution in [3.05, 3.63) is 29.8 Å². The fraction of sp³-hybridized carbons (Fsp3) is 0.500. The molecule has 0 amide bonds. The summed E-state index contributed by atoms with van der Waals surface area (Å²) < 4.78 is 10.6. The Morgan fingerprint density at radius 3 is 3.20 bits per heavy atom. The number of rotatable bonds is 5. The van der Waals surface area contributed by atoms with Crippen molar-refractivity contribution in [2.75, 3.05) is 26.9 Å². The fourth-order valence-corrected chi connectivity index (χ4v) is 1.82. The van der Waals surface area contributed by atoms with Crippen molar-refractivity contribution < 1.29 is 9.47 Å². The van der Waals surface area contributed by atoms with Gasteiger partial charge in [-0.25, -0.2) is 0 Å². The molecule has 0 aliphatic carbocycles. The molecule has 1 aliphatic rings. The van der Waals surface area contributed by atoms with Gasteiger partial charge in [-0.3, -0.25) is 0 Å². The summed E-state index contributed by atoms with van der Waals surface area (Å²) in [6.07, 6.45) is 1.04. The summed E-state index contributed by atoms with van der Waals surface area (Å²) in [6, 6.07) is 8.55. The first kappa shape index (κ1) is 10.5. The van der Waals surface area contributed by atoms with E-state index in [1.54, 1.807) is 7.11 Å². The van der Waals surface area contributed by atoms with Crippen molar-refractivity contribution in [3.8, 4) is 5.75 Å². The highest BCUT2D eigenvalue weighted by Crippen LogP contribution is 2.31. The Kier molecular flexibility index (Phi) is 3.59. The molecule has 0 aromatic heterocycles. The summed E-state index contributed by atoms with van der Waals surface area (Å²) in [5.41, 5.74) is 1.27. The third-order valence-corrected chi connectivity index (χ3v) is 2.62. The van der Waals surface area contributed by atoms with Crippen molar-refractivity contribution >= 4 is 0 Å². The monoisotopic (exact) mass is 207 g/mol. The van der Waals surface area contributed by atoms with Crippen molar-refractivity contribution in [3.63, 3.8) is 0 Å². The fourth-order valence-electron chi connectivity index (χ4n) is 1.82. The van der Waals surface area contributed by atoms with E-state index in [1.165, 1.54) is 5.56 Å². The van der Waals surface area contributed by atoms with E-state index in [0.29, 0.717) is 6.04 Å². The van der Waals surface area contributed by atoms with E-state index in [0.717, 1.165) is 31.9 Å². The van der Waals surface area contributed by atoms with Gasteiger partial charge in [-0.2, -0.15) is 0 Å². The van der Waals surface area contributed by atoms with Gasteiger partial charge in [0, 0.05) is 19.3 Å². The molecular formula is C12H17NO2. The minimum absolute atomic E-state index is 0.345. The van der Waals surface area contributed by atoms with Crippen LogP contribution in [0.4, 0.5) is 0 Å². The van der Waals surface area contributed by atoms with Crippen molar-refractivity contribution in [1.82, 2.24) is 5.32 Å². The molecule has 0 bridgehead atoms. The van der Waals surface area contributed by atoms with Gasteiger partial charge in [-0.1, -0.05) is 18.2 Å². The van der Waals surface area contributed by atoms with Crippen LogP contribution < -0.4 is 10.1 Å². The molecule has 3 heteroatoms. The first-order valence-electron chi connectivity index (χ1n) is 5.36. The van der Waals surface area contributed by atoms with Crippen LogP contribution in [0.3, 0.4) is 0 Å². The lowest BCUT2D eigenvalue weighted by atomic mass is 10.1. The van der Waals surface area contributed by atoms with Crippen LogP contribution in [-0.2, 0) is 4.74 Å². The van der Waals surface area contributed by atoms with Gasteiger partial charge >= 0.3 is 0 Å². The van der Waals surface area contributed by atoms with Gasteiger partial charge in [-0.15, -0.1) is 0 Å². The van der Waals surface area contributed by atoms with Crippen LogP contribution in [0.2, 0.25) is 0 Å². The SMILES string of the molecule is COCCCNC1COc2ccccc21. The number of nitrogens with one attached hydrogen (secondary N) is 1. The lowest BCUT2D eigenvalue weighted by Gasteiger charge is -2.10. The normalized spacial score (nSPS) is 18.6. The van der Waals surface area contributed by atoms with E-state index in [4.69, 9.17) is 9.47 Å². The van der Waals surface area contributed by atoms with Crippen LogP contribution in [-0.4, -0.2) is 26.9 Å². The summed E-state index contributed by atoms with van der Waals surface area (Å²) in [5, 5.41) is 3.47. The van der Waals surface area contributed by atoms with Crippen LogP contribution in [0.1, 0.15) is 18.0 Å². The number of benzene rings is 1. The first-order valence-corrected chi connectivity index (χ1v) is 5.36. The van der Waals surface area contributed by atoms with Gasteiger partial charge in [0.15, 0.2) is 0 Å². The average molecular weight is 207 g/mol. The van der Waals surface area contributed by atoms with Gasteiger partial charge in [0.25, 0.3) is 0 Å². The standard InChI is InChI=1S/C12H17NO2/c1-14-8-4-7-13-11-9-15-12-6-3-2-5-10(11)12/h2-3,5-6,11,13H,4,7-9H2,1H3. The topological polar surface area (TPSA) is 30.5 Å². The largest absolute Gasteiger partial charge is 0.491 e.